The molecule has 9 nitrogen and oxygen atoms in total. The first-order chi connectivity index (χ1) is 28.7. The van der Waals surface area contributed by atoms with E-state index in [1.807, 2.05) is 14.2 Å². The first kappa shape index (κ1) is 42.4. The van der Waals surface area contributed by atoms with Gasteiger partial charge in [-0.05, 0) is 161 Å². The Kier molecular flexibility index (Phi) is 12.5. The van der Waals surface area contributed by atoms with E-state index in [4.69, 9.17) is 38.9 Å². The van der Waals surface area contributed by atoms with Crippen molar-refractivity contribution < 1.29 is 38.9 Å². The van der Waals surface area contributed by atoms with Crippen LogP contribution in [0.1, 0.15) is 103 Å². The topological polar surface area (TPSA) is 83.1 Å². The van der Waals surface area contributed by atoms with Crippen LogP contribution in [0, 0.1) is 71.0 Å². The van der Waals surface area contributed by atoms with Gasteiger partial charge in [0.15, 0.2) is 0 Å². The molecule has 0 radical (unpaired) electrons. The third-order valence-corrected chi connectivity index (χ3v) is 32.3. The SMILES string of the molecule is CO[Si](CCC1CC2C=CC1C2)(OC)O[Si](CCC1CC2C=CC1C2)(OC)O[Si]1(CCC2CC3C=CC2C3)OC2CCCCC2O[Si](CCC2CC3C=CC2C3)(OC)O1. The van der Waals surface area contributed by atoms with Crippen molar-refractivity contribution in [2.75, 3.05) is 28.4 Å². The van der Waals surface area contributed by atoms with Gasteiger partial charge in [0.05, 0.1) is 12.2 Å². The third kappa shape index (κ3) is 8.71. The van der Waals surface area contributed by atoms with Crippen LogP contribution in [0.25, 0.3) is 0 Å². The summed E-state index contributed by atoms with van der Waals surface area (Å²) in [5.74, 6) is 7.86. The van der Waals surface area contributed by atoms with E-state index in [1.165, 1.54) is 51.4 Å². The highest BCUT2D eigenvalue weighted by atomic mass is 28.5. The molecule has 328 valence electrons. The monoisotopic (exact) mass is 882 g/mol. The van der Waals surface area contributed by atoms with Gasteiger partial charge in [-0.25, -0.2) is 0 Å². The molecule has 1 heterocycles. The Balaban J connectivity index is 0.991. The van der Waals surface area contributed by atoms with Crippen molar-refractivity contribution in [3.05, 3.63) is 48.6 Å². The minimum atomic E-state index is -3.65. The summed E-state index contributed by atoms with van der Waals surface area (Å²) in [5.41, 5.74) is 0. The molecule has 0 N–H and O–H groups in total. The van der Waals surface area contributed by atoms with E-state index in [0.29, 0.717) is 65.2 Å². The van der Waals surface area contributed by atoms with Crippen LogP contribution in [-0.4, -0.2) is 75.9 Å². The van der Waals surface area contributed by atoms with E-state index >= 15 is 0 Å². The van der Waals surface area contributed by atoms with E-state index in [2.05, 4.69) is 48.6 Å². The molecular formula is C46H74O9Si4. The zero-order chi connectivity index (χ0) is 40.2. The normalized spacial score (nSPS) is 45.9. The van der Waals surface area contributed by atoms with Crippen molar-refractivity contribution in [1.82, 2.24) is 0 Å². The second-order valence-corrected chi connectivity index (χ2v) is 32.8. The van der Waals surface area contributed by atoms with Gasteiger partial charge >= 0.3 is 35.2 Å². The van der Waals surface area contributed by atoms with Crippen LogP contribution in [0.15, 0.2) is 48.6 Å². The lowest BCUT2D eigenvalue weighted by molar-refractivity contribution is -0.00637. The fourth-order valence-corrected chi connectivity index (χ4v) is 31.3. The van der Waals surface area contributed by atoms with Crippen LogP contribution in [0.4, 0.5) is 0 Å². The van der Waals surface area contributed by atoms with E-state index in [0.717, 1.165) is 81.3 Å². The quantitative estimate of drug-likeness (QED) is 0.0877. The fraction of sp³-hybridized carbons (Fsp3) is 0.826. The van der Waals surface area contributed by atoms with Gasteiger partial charge in [-0.2, -0.15) is 0 Å². The average molecular weight is 883 g/mol. The van der Waals surface area contributed by atoms with E-state index in [1.54, 1.807) is 14.2 Å². The molecule has 13 heteroatoms. The van der Waals surface area contributed by atoms with Crippen molar-refractivity contribution >= 4 is 35.2 Å². The fourth-order valence-electron chi connectivity index (χ4n) is 14.1. The van der Waals surface area contributed by atoms with Gasteiger partial charge < -0.3 is 38.9 Å². The largest absolute Gasteiger partial charge is 0.493 e. The molecule has 6 fully saturated rings. The van der Waals surface area contributed by atoms with Crippen LogP contribution >= 0.6 is 0 Å². The molecule has 5 saturated carbocycles. The number of hydrogen-bond donors (Lipinski definition) is 0. The lowest BCUT2D eigenvalue weighted by Crippen LogP contribution is -2.66. The zero-order valence-electron chi connectivity index (χ0n) is 36.5. The Hall–Kier alpha value is -0.532. The highest BCUT2D eigenvalue weighted by molar-refractivity contribution is 6.84. The Labute approximate surface area is 359 Å². The predicted molar refractivity (Wildman–Crippen MR) is 236 cm³/mol. The predicted octanol–water partition coefficient (Wildman–Crippen LogP) is 10.1. The molecule has 0 aromatic heterocycles. The Morgan fingerprint density at radius 1 is 0.492 bits per heavy atom. The summed E-state index contributed by atoms with van der Waals surface area (Å²) in [6.45, 7) is 0. The summed E-state index contributed by atoms with van der Waals surface area (Å²) in [5, 5.41) is 0. The Morgan fingerprint density at radius 3 is 1.29 bits per heavy atom. The molecule has 10 aliphatic rings. The molecule has 8 bridgehead atoms. The summed E-state index contributed by atoms with van der Waals surface area (Å²) < 4.78 is 65.0. The molecule has 17 unspecified atom stereocenters. The summed E-state index contributed by atoms with van der Waals surface area (Å²) in [4.78, 5) is 0. The van der Waals surface area contributed by atoms with Crippen molar-refractivity contribution in [2.24, 2.45) is 71.0 Å². The van der Waals surface area contributed by atoms with Crippen LogP contribution in [0.5, 0.6) is 0 Å². The standard InChI is InChI=1S/C46H74O9Si4/c1-47-56(48-2,21-17-41-29-33-9-13-37(41)25-33)53-58(50-4,23-19-43-31-35-11-15-39(43)27-35)55-59(24-20-44-32-36-12-16-40(44)28-36)52-46-8-6-5-7-45(46)51-57(49-3,54-59)22-18-42-30-34-10-14-38(42)26-34/h9-16,33-46H,5-8,17-32H2,1-4H3. The summed E-state index contributed by atoms with van der Waals surface area (Å²) >= 11 is 0. The van der Waals surface area contributed by atoms with Crippen molar-refractivity contribution in [1.29, 1.82) is 0 Å². The molecule has 1 saturated heterocycles. The van der Waals surface area contributed by atoms with Crippen molar-refractivity contribution in [2.45, 2.75) is 139 Å². The maximum Gasteiger partial charge on any atom is 0.493 e. The molecule has 9 aliphatic carbocycles. The van der Waals surface area contributed by atoms with Gasteiger partial charge in [0, 0.05) is 52.6 Å². The summed E-state index contributed by atoms with van der Waals surface area (Å²) in [7, 11) is -6.63. The minimum Gasteiger partial charge on any atom is -0.378 e. The number of fused-ring (bicyclic) bond motifs is 9. The molecule has 1 aliphatic heterocycles. The second kappa shape index (κ2) is 17.5. The number of hydrogen-bond acceptors (Lipinski definition) is 9. The lowest BCUT2D eigenvalue weighted by atomic mass is 9.91. The van der Waals surface area contributed by atoms with E-state index < -0.39 is 35.2 Å². The Bertz CT molecular complexity index is 1610. The van der Waals surface area contributed by atoms with Crippen LogP contribution < -0.4 is 0 Å². The highest BCUT2D eigenvalue weighted by Crippen LogP contribution is 2.52. The first-order valence-corrected chi connectivity index (χ1v) is 31.8. The average Bonchev–Trinajstić information content (AvgIpc) is 4.14. The van der Waals surface area contributed by atoms with Gasteiger partial charge in [0.1, 0.15) is 0 Å². The molecule has 0 aromatic rings. The van der Waals surface area contributed by atoms with Gasteiger partial charge in [-0.1, -0.05) is 61.4 Å². The first-order valence-electron chi connectivity index (χ1n) is 24.1. The molecule has 10 rings (SSSR count). The summed E-state index contributed by atoms with van der Waals surface area (Å²) in [6.07, 6.45) is 37.8. The smallest absolute Gasteiger partial charge is 0.378 e. The number of rotatable bonds is 20. The molecular weight excluding hydrogens is 809 g/mol. The van der Waals surface area contributed by atoms with E-state index in [-0.39, 0.29) is 12.2 Å². The van der Waals surface area contributed by atoms with E-state index in [9.17, 15) is 0 Å². The molecule has 0 amide bonds. The van der Waals surface area contributed by atoms with Crippen molar-refractivity contribution in [3.63, 3.8) is 0 Å². The van der Waals surface area contributed by atoms with Gasteiger partial charge in [0.2, 0.25) is 0 Å². The molecule has 17 atom stereocenters. The molecule has 59 heavy (non-hydrogen) atoms. The van der Waals surface area contributed by atoms with Crippen LogP contribution in [0.2, 0.25) is 24.2 Å². The van der Waals surface area contributed by atoms with Crippen LogP contribution in [0.3, 0.4) is 0 Å². The van der Waals surface area contributed by atoms with Crippen molar-refractivity contribution in [3.8, 4) is 0 Å². The lowest BCUT2D eigenvalue weighted by Gasteiger charge is -2.44. The maximum atomic E-state index is 7.96. The maximum absolute atomic E-state index is 7.96. The van der Waals surface area contributed by atoms with Crippen LogP contribution in [-0.2, 0) is 38.9 Å². The van der Waals surface area contributed by atoms with Gasteiger partial charge in [-0.15, -0.1) is 0 Å². The molecule has 0 aromatic carbocycles. The summed E-state index contributed by atoms with van der Waals surface area (Å²) in [6, 6.07) is 2.95. The Morgan fingerprint density at radius 2 is 0.898 bits per heavy atom. The third-order valence-electron chi connectivity index (χ3n) is 17.4. The highest BCUT2D eigenvalue weighted by Gasteiger charge is 2.65. The number of allylic oxidation sites excluding steroid dienone is 8. The minimum absolute atomic E-state index is 0.0544. The van der Waals surface area contributed by atoms with Gasteiger partial charge in [-0.3, -0.25) is 0 Å². The second-order valence-electron chi connectivity index (χ2n) is 20.8. The van der Waals surface area contributed by atoms with Gasteiger partial charge in [0.25, 0.3) is 0 Å². The molecule has 0 spiro atoms. The zero-order valence-corrected chi connectivity index (χ0v) is 40.5.